The highest BCUT2D eigenvalue weighted by Crippen LogP contribution is 2.24. The molecule has 1 aromatic heterocycles. The van der Waals surface area contributed by atoms with Crippen molar-refractivity contribution in [3.8, 4) is 0 Å². The topological polar surface area (TPSA) is 12.9 Å². The van der Waals surface area contributed by atoms with E-state index in [-0.39, 0.29) is 0 Å². The molecule has 0 N–H and O–H groups in total. The van der Waals surface area contributed by atoms with E-state index in [1.807, 2.05) is 6.92 Å². The molecular formula is C13H15NS. The maximum atomic E-state index is 4.61. The van der Waals surface area contributed by atoms with Crippen LogP contribution in [0.25, 0.3) is 10.9 Å². The molecule has 1 aromatic carbocycles. The first-order chi connectivity index (χ1) is 7.13. The van der Waals surface area contributed by atoms with Gasteiger partial charge < -0.3 is 0 Å². The minimum atomic E-state index is 0.766. The SMILES string of the molecule is Cc1cc(CS)c2ccc(C)c(C)c2n1. The molecule has 0 unspecified atom stereocenters. The number of aryl methyl sites for hydroxylation is 3. The van der Waals surface area contributed by atoms with E-state index in [1.165, 1.54) is 22.1 Å². The van der Waals surface area contributed by atoms with E-state index in [0.717, 1.165) is 17.0 Å². The number of benzene rings is 1. The smallest absolute Gasteiger partial charge is 0.0740 e. The molecule has 1 nitrogen and oxygen atoms in total. The van der Waals surface area contributed by atoms with Crippen LogP contribution in [0.5, 0.6) is 0 Å². The van der Waals surface area contributed by atoms with Crippen molar-refractivity contribution in [2.45, 2.75) is 26.5 Å². The number of hydrogen-bond acceptors (Lipinski definition) is 2. The Kier molecular flexibility index (Phi) is 2.70. The van der Waals surface area contributed by atoms with Crippen molar-refractivity contribution in [2.24, 2.45) is 0 Å². The molecule has 0 bridgehead atoms. The molecule has 0 saturated heterocycles. The van der Waals surface area contributed by atoms with Crippen LogP contribution in [0.3, 0.4) is 0 Å². The molecule has 0 aliphatic rings. The first kappa shape index (κ1) is 10.5. The molecule has 0 saturated carbocycles. The zero-order valence-corrected chi connectivity index (χ0v) is 10.2. The van der Waals surface area contributed by atoms with E-state index in [1.54, 1.807) is 0 Å². The van der Waals surface area contributed by atoms with Crippen molar-refractivity contribution in [2.75, 3.05) is 0 Å². The van der Waals surface area contributed by atoms with Gasteiger partial charge in [-0.25, -0.2) is 0 Å². The lowest BCUT2D eigenvalue weighted by atomic mass is 10.0. The van der Waals surface area contributed by atoms with Gasteiger partial charge in [-0.05, 0) is 43.5 Å². The molecule has 0 aliphatic heterocycles. The summed E-state index contributed by atoms with van der Waals surface area (Å²) in [5.74, 6) is 0.766. The Morgan fingerprint density at radius 3 is 2.60 bits per heavy atom. The number of pyridine rings is 1. The van der Waals surface area contributed by atoms with Gasteiger partial charge in [0, 0.05) is 16.8 Å². The van der Waals surface area contributed by atoms with Gasteiger partial charge in [0.05, 0.1) is 5.52 Å². The highest BCUT2D eigenvalue weighted by atomic mass is 32.1. The van der Waals surface area contributed by atoms with Crippen molar-refractivity contribution in [3.63, 3.8) is 0 Å². The number of aromatic nitrogens is 1. The average molecular weight is 217 g/mol. The van der Waals surface area contributed by atoms with Gasteiger partial charge in [-0.2, -0.15) is 12.6 Å². The lowest BCUT2D eigenvalue weighted by molar-refractivity contribution is 1.20. The van der Waals surface area contributed by atoms with Gasteiger partial charge in [0.1, 0.15) is 0 Å². The van der Waals surface area contributed by atoms with E-state index in [2.05, 4.69) is 49.7 Å². The summed E-state index contributed by atoms with van der Waals surface area (Å²) in [7, 11) is 0. The first-order valence-electron chi connectivity index (χ1n) is 5.11. The van der Waals surface area contributed by atoms with Crippen molar-refractivity contribution < 1.29 is 0 Å². The molecule has 78 valence electrons. The van der Waals surface area contributed by atoms with Crippen molar-refractivity contribution >= 4 is 23.5 Å². The molecule has 0 aliphatic carbocycles. The highest BCUT2D eigenvalue weighted by Gasteiger charge is 2.06. The van der Waals surface area contributed by atoms with Crippen LogP contribution in [-0.4, -0.2) is 4.98 Å². The standard InChI is InChI=1S/C13H15NS/c1-8-4-5-12-11(7-15)6-9(2)14-13(12)10(8)3/h4-6,15H,7H2,1-3H3. The first-order valence-corrected chi connectivity index (χ1v) is 5.74. The van der Waals surface area contributed by atoms with E-state index in [0.29, 0.717) is 0 Å². The van der Waals surface area contributed by atoms with Crippen LogP contribution in [0.15, 0.2) is 18.2 Å². The van der Waals surface area contributed by atoms with E-state index >= 15 is 0 Å². The quantitative estimate of drug-likeness (QED) is 0.720. The summed E-state index contributed by atoms with van der Waals surface area (Å²) in [5, 5.41) is 1.23. The molecule has 2 heteroatoms. The van der Waals surface area contributed by atoms with Gasteiger partial charge in [0.2, 0.25) is 0 Å². The fourth-order valence-corrected chi connectivity index (χ4v) is 2.14. The average Bonchev–Trinajstić information content (AvgIpc) is 2.23. The van der Waals surface area contributed by atoms with E-state index in [9.17, 15) is 0 Å². The number of hydrogen-bond donors (Lipinski definition) is 1. The summed E-state index contributed by atoms with van der Waals surface area (Å²) >= 11 is 4.37. The minimum Gasteiger partial charge on any atom is -0.253 e. The molecule has 0 radical (unpaired) electrons. The fourth-order valence-electron chi connectivity index (χ4n) is 1.87. The van der Waals surface area contributed by atoms with Crippen molar-refractivity contribution in [1.29, 1.82) is 0 Å². The molecule has 0 atom stereocenters. The number of rotatable bonds is 1. The zero-order valence-electron chi connectivity index (χ0n) is 9.33. The predicted molar refractivity (Wildman–Crippen MR) is 68.6 cm³/mol. The van der Waals surface area contributed by atoms with Gasteiger partial charge >= 0.3 is 0 Å². The minimum absolute atomic E-state index is 0.766. The summed E-state index contributed by atoms with van der Waals surface area (Å²) in [6.07, 6.45) is 0. The Bertz CT molecular complexity index is 517. The Labute approximate surface area is 95.9 Å². The molecule has 0 amide bonds. The monoisotopic (exact) mass is 217 g/mol. The maximum absolute atomic E-state index is 4.61. The summed E-state index contributed by atoms with van der Waals surface area (Å²) in [6.45, 7) is 6.29. The Morgan fingerprint density at radius 2 is 1.93 bits per heavy atom. The van der Waals surface area contributed by atoms with E-state index in [4.69, 9.17) is 0 Å². The predicted octanol–water partition coefficient (Wildman–Crippen LogP) is 3.59. The summed E-state index contributed by atoms with van der Waals surface area (Å²) < 4.78 is 0. The van der Waals surface area contributed by atoms with E-state index < -0.39 is 0 Å². The van der Waals surface area contributed by atoms with Crippen LogP contribution in [0.2, 0.25) is 0 Å². The molecule has 2 rings (SSSR count). The van der Waals surface area contributed by atoms with Crippen LogP contribution in [0.4, 0.5) is 0 Å². The van der Waals surface area contributed by atoms with Crippen LogP contribution in [0.1, 0.15) is 22.4 Å². The normalized spacial score (nSPS) is 10.9. The van der Waals surface area contributed by atoms with Gasteiger partial charge in [-0.15, -0.1) is 0 Å². The second-order valence-corrected chi connectivity index (χ2v) is 4.30. The van der Waals surface area contributed by atoms with Crippen molar-refractivity contribution in [3.05, 3.63) is 40.6 Å². The number of nitrogens with zero attached hydrogens (tertiary/aromatic N) is 1. The molecule has 1 heterocycles. The summed E-state index contributed by atoms with van der Waals surface area (Å²) in [6, 6.07) is 6.42. The van der Waals surface area contributed by atoms with Crippen LogP contribution in [-0.2, 0) is 5.75 Å². The van der Waals surface area contributed by atoms with Gasteiger partial charge in [0.15, 0.2) is 0 Å². The molecular weight excluding hydrogens is 202 g/mol. The number of fused-ring (bicyclic) bond motifs is 1. The molecule has 2 aromatic rings. The third-order valence-corrected chi connectivity index (χ3v) is 3.23. The largest absolute Gasteiger partial charge is 0.253 e. The molecule has 0 fully saturated rings. The van der Waals surface area contributed by atoms with Gasteiger partial charge in [0.25, 0.3) is 0 Å². The van der Waals surface area contributed by atoms with Gasteiger partial charge in [-0.3, -0.25) is 4.98 Å². The Hall–Kier alpha value is -1.02. The lowest BCUT2D eigenvalue weighted by Crippen LogP contribution is -1.93. The number of thiol groups is 1. The van der Waals surface area contributed by atoms with Gasteiger partial charge in [-0.1, -0.05) is 12.1 Å². The zero-order chi connectivity index (χ0) is 11.0. The maximum Gasteiger partial charge on any atom is 0.0740 e. The van der Waals surface area contributed by atoms with Crippen LogP contribution < -0.4 is 0 Å². The second-order valence-electron chi connectivity index (χ2n) is 3.98. The van der Waals surface area contributed by atoms with Crippen molar-refractivity contribution in [1.82, 2.24) is 4.98 Å². The third-order valence-electron chi connectivity index (χ3n) is 2.89. The highest BCUT2D eigenvalue weighted by molar-refractivity contribution is 7.79. The van der Waals surface area contributed by atoms with Crippen LogP contribution >= 0.6 is 12.6 Å². The Morgan fingerprint density at radius 1 is 1.20 bits per heavy atom. The lowest BCUT2D eigenvalue weighted by Gasteiger charge is -2.09. The van der Waals surface area contributed by atoms with Crippen LogP contribution in [0, 0.1) is 20.8 Å². The summed E-state index contributed by atoms with van der Waals surface area (Å²) in [4.78, 5) is 4.61. The third kappa shape index (κ3) is 1.74. The molecule has 0 spiro atoms. The Balaban J connectivity index is 2.89. The molecule has 15 heavy (non-hydrogen) atoms. The second kappa shape index (κ2) is 3.86. The fraction of sp³-hybridized carbons (Fsp3) is 0.308. The summed E-state index contributed by atoms with van der Waals surface area (Å²) in [5.41, 5.74) is 6.04.